The SMILES string of the molecule is CCC1CCCCCN1S(=O)(=O)Cc1cccc(CCl)c1. The molecule has 1 aromatic carbocycles. The second kappa shape index (κ2) is 7.61. The van der Waals surface area contributed by atoms with Gasteiger partial charge in [-0.1, -0.05) is 44.0 Å². The van der Waals surface area contributed by atoms with Crippen LogP contribution in [0.4, 0.5) is 0 Å². The lowest BCUT2D eigenvalue weighted by molar-refractivity contribution is 0.314. The molecule has 1 unspecified atom stereocenters. The van der Waals surface area contributed by atoms with Gasteiger partial charge in [0, 0.05) is 18.5 Å². The molecule has 0 aromatic heterocycles. The van der Waals surface area contributed by atoms with Crippen LogP contribution in [0.5, 0.6) is 0 Å². The minimum atomic E-state index is -3.26. The van der Waals surface area contributed by atoms with E-state index < -0.39 is 10.0 Å². The minimum absolute atomic E-state index is 0.0776. The summed E-state index contributed by atoms with van der Waals surface area (Å²) in [6.07, 6.45) is 5.10. The summed E-state index contributed by atoms with van der Waals surface area (Å²) in [6.45, 7) is 2.74. The lowest BCUT2D eigenvalue weighted by atomic mass is 10.1. The number of benzene rings is 1. The van der Waals surface area contributed by atoms with Crippen molar-refractivity contribution in [1.29, 1.82) is 0 Å². The quantitative estimate of drug-likeness (QED) is 0.768. The summed E-state index contributed by atoms with van der Waals surface area (Å²) >= 11 is 5.83. The molecule has 0 amide bonds. The molecule has 0 bridgehead atoms. The van der Waals surface area contributed by atoms with Crippen LogP contribution in [0.1, 0.15) is 50.2 Å². The first-order chi connectivity index (χ1) is 10.1. The molecule has 5 heteroatoms. The Hall–Kier alpha value is -0.580. The first kappa shape index (κ1) is 16.8. The number of hydrogen-bond donors (Lipinski definition) is 0. The van der Waals surface area contributed by atoms with Crippen molar-refractivity contribution in [3.63, 3.8) is 0 Å². The summed E-state index contributed by atoms with van der Waals surface area (Å²) in [6, 6.07) is 7.72. The highest BCUT2D eigenvalue weighted by molar-refractivity contribution is 7.88. The van der Waals surface area contributed by atoms with E-state index in [2.05, 4.69) is 6.92 Å². The fourth-order valence-corrected chi connectivity index (χ4v) is 5.07. The molecule has 1 fully saturated rings. The first-order valence-electron chi connectivity index (χ1n) is 7.70. The van der Waals surface area contributed by atoms with Crippen molar-refractivity contribution in [3.8, 4) is 0 Å². The third kappa shape index (κ3) is 4.44. The summed E-state index contributed by atoms with van der Waals surface area (Å²) < 4.78 is 27.3. The van der Waals surface area contributed by atoms with E-state index in [-0.39, 0.29) is 11.8 Å². The highest BCUT2D eigenvalue weighted by Gasteiger charge is 2.30. The first-order valence-corrected chi connectivity index (χ1v) is 9.84. The van der Waals surface area contributed by atoms with Crippen molar-refractivity contribution in [1.82, 2.24) is 4.31 Å². The van der Waals surface area contributed by atoms with Gasteiger partial charge in [-0.05, 0) is 30.4 Å². The molecular weight excluding hydrogens is 306 g/mol. The van der Waals surface area contributed by atoms with E-state index in [0.717, 1.165) is 43.2 Å². The highest BCUT2D eigenvalue weighted by Crippen LogP contribution is 2.24. The van der Waals surface area contributed by atoms with E-state index in [4.69, 9.17) is 11.6 Å². The Morgan fingerprint density at radius 3 is 2.71 bits per heavy atom. The van der Waals surface area contributed by atoms with Crippen molar-refractivity contribution in [2.45, 2.75) is 56.7 Å². The van der Waals surface area contributed by atoms with Crippen molar-refractivity contribution in [2.75, 3.05) is 6.54 Å². The van der Waals surface area contributed by atoms with Crippen LogP contribution in [0.3, 0.4) is 0 Å². The van der Waals surface area contributed by atoms with Gasteiger partial charge in [0.1, 0.15) is 0 Å². The van der Waals surface area contributed by atoms with Gasteiger partial charge in [0.2, 0.25) is 10.0 Å². The van der Waals surface area contributed by atoms with Gasteiger partial charge in [0.05, 0.1) is 5.75 Å². The molecule has 1 aliphatic heterocycles. The number of rotatable bonds is 5. The average Bonchev–Trinajstić information content (AvgIpc) is 2.72. The van der Waals surface area contributed by atoms with Crippen LogP contribution in [0, 0.1) is 0 Å². The van der Waals surface area contributed by atoms with E-state index in [9.17, 15) is 8.42 Å². The third-order valence-corrected chi connectivity index (χ3v) is 6.35. The maximum Gasteiger partial charge on any atom is 0.218 e. The Bertz CT molecular complexity index is 559. The molecule has 1 saturated heterocycles. The lowest BCUT2D eigenvalue weighted by Gasteiger charge is -2.28. The Kier molecular flexibility index (Phi) is 6.08. The molecule has 0 aliphatic carbocycles. The normalized spacial score (nSPS) is 21.1. The number of halogens is 1. The zero-order chi connectivity index (χ0) is 15.3. The van der Waals surface area contributed by atoms with E-state index in [1.807, 2.05) is 24.3 Å². The van der Waals surface area contributed by atoms with E-state index in [0.29, 0.717) is 12.4 Å². The summed E-state index contributed by atoms with van der Waals surface area (Å²) in [5, 5.41) is 0. The predicted octanol–water partition coefficient (Wildman–Crippen LogP) is 3.91. The minimum Gasteiger partial charge on any atom is -0.212 e. The standard InChI is InChI=1S/C16H24ClNO2S/c1-2-16-9-4-3-5-10-18(16)21(19,20)13-15-8-6-7-14(11-15)12-17/h6-8,11,16H,2-5,9-10,12-13H2,1H3. The second-order valence-corrected chi connectivity index (χ2v) is 7.92. The van der Waals surface area contributed by atoms with Gasteiger partial charge in [-0.2, -0.15) is 4.31 Å². The maximum atomic E-state index is 12.8. The van der Waals surface area contributed by atoms with Crippen LogP contribution in [-0.4, -0.2) is 25.3 Å². The zero-order valence-electron chi connectivity index (χ0n) is 12.6. The van der Waals surface area contributed by atoms with E-state index in [1.54, 1.807) is 4.31 Å². The molecule has 0 N–H and O–H groups in total. The molecule has 1 heterocycles. The van der Waals surface area contributed by atoms with Gasteiger partial charge in [0.15, 0.2) is 0 Å². The summed E-state index contributed by atoms with van der Waals surface area (Å²) in [7, 11) is -3.26. The van der Waals surface area contributed by atoms with Crippen LogP contribution >= 0.6 is 11.6 Å². The fourth-order valence-electron chi connectivity index (χ4n) is 3.02. The molecule has 3 nitrogen and oxygen atoms in total. The number of hydrogen-bond acceptors (Lipinski definition) is 2. The van der Waals surface area contributed by atoms with Crippen LogP contribution < -0.4 is 0 Å². The number of nitrogens with zero attached hydrogens (tertiary/aromatic N) is 1. The maximum absolute atomic E-state index is 12.8. The molecule has 0 radical (unpaired) electrons. The molecule has 0 saturated carbocycles. The molecule has 118 valence electrons. The molecular formula is C16H24ClNO2S. The number of alkyl halides is 1. The monoisotopic (exact) mass is 329 g/mol. The van der Waals surface area contributed by atoms with Crippen LogP contribution in [0.2, 0.25) is 0 Å². The molecule has 0 spiro atoms. The largest absolute Gasteiger partial charge is 0.218 e. The molecule has 1 aliphatic rings. The Labute approximate surface area is 133 Å². The molecule has 21 heavy (non-hydrogen) atoms. The molecule has 1 aromatic rings. The van der Waals surface area contributed by atoms with E-state index >= 15 is 0 Å². The summed E-state index contributed by atoms with van der Waals surface area (Å²) in [5.74, 6) is 0.489. The predicted molar refractivity (Wildman–Crippen MR) is 87.9 cm³/mol. The van der Waals surface area contributed by atoms with Gasteiger partial charge < -0.3 is 0 Å². The number of sulfonamides is 1. The topological polar surface area (TPSA) is 37.4 Å². The molecule has 1 atom stereocenters. The average molecular weight is 330 g/mol. The van der Waals surface area contributed by atoms with Crippen molar-refractivity contribution < 1.29 is 8.42 Å². The lowest BCUT2D eigenvalue weighted by Crippen LogP contribution is -2.40. The van der Waals surface area contributed by atoms with Crippen molar-refractivity contribution >= 4 is 21.6 Å². The van der Waals surface area contributed by atoms with Crippen LogP contribution in [-0.2, 0) is 21.7 Å². The van der Waals surface area contributed by atoms with Gasteiger partial charge in [-0.3, -0.25) is 0 Å². The Morgan fingerprint density at radius 2 is 2.00 bits per heavy atom. The van der Waals surface area contributed by atoms with Gasteiger partial charge in [-0.25, -0.2) is 8.42 Å². The van der Waals surface area contributed by atoms with Crippen LogP contribution in [0.15, 0.2) is 24.3 Å². The fraction of sp³-hybridized carbons (Fsp3) is 0.625. The van der Waals surface area contributed by atoms with Crippen molar-refractivity contribution in [3.05, 3.63) is 35.4 Å². The second-order valence-electron chi connectivity index (χ2n) is 5.73. The summed E-state index contributed by atoms with van der Waals surface area (Å²) in [5.41, 5.74) is 1.79. The van der Waals surface area contributed by atoms with Gasteiger partial charge >= 0.3 is 0 Å². The van der Waals surface area contributed by atoms with Crippen molar-refractivity contribution in [2.24, 2.45) is 0 Å². The zero-order valence-corrected chi connectivity index (χ0v) is 14.2. The van der Waals surface area contributed by atoms with Gasteiger partial charge in [-0.15, -0.1) is 11.6 Å². The smallest absolute Gasteiger partial charge is 0.212 e. The summed E-state index contributed by atoms with van der Waals surface area (Å²) in [4.78, 5) is 0. The van der Waals surface area contributed by atoms with Gasteiger partial charge in [0.25, 0.3) is 0 Å². The highest BCUT2D eigenvalue weighted by atomic mass is 35.5. The Morgan fingerprint density at radius 1 is 1.24 bits per heavy atom. The Balaban J connectivity index is 2.19. The van der Waals surface area contributed by atoms with Crippen LogP contribution in [0.25, 0.3) is 0 Å². The molecule has 2 rings (SSSR count). The third-order valence-electron chi connectivity index (χ3n) is 4.15. The van der Waals surface area contributed by atoms with E-state index in [1.165, 1.54) is 0 Å².